The molecule has 0 bridgehead atoms. The Balaban J connectivity index is 1.58. The number of benzene rings is 1. The van der Waals surface area contributed by atoms with Crippen LogP contribution in [0.3, 0.4) is 0 Å². The van der Waals surface area contributed by atoms with Gasteiger partial charge in [-0.15, -0.1) is 22.7 Å². The fourth-order valence-electron chi connectivity index (χ4n) is 2.11. The molecule has 9 heteroatoms. The quantitative estimate of drug-likeness (QED) is 0.675. The molecule has 0 unspecified atom stereocenters. The molecule has 0 fully saturated rings. The topological polar surface area (TPSA) is 80.3 Å². The van der Waals surface area contributed by atoms with Crippen molar-refractivity contribution >= 4 is 39.6 Å². The molecule has 0 saturated heterocycles. The van der Waals surface area contributed by atoms with Crippen molar-refractivity contribution in [3.63, 3.8) is 0 Å². The minimum atomic E-state index is -0.486. The van der Waals surface area contributed by atoms with Crippen molar-refractivity contribution in [3.05, 3.63) is 51.8 Å². The number of methoxy groups -OCH3 is 1. The molecule has 2 amide bonds. The summed E-state index contributed by atoms with van der Waals surface area (Å²) in [6.45, 7) is -0.164. The van der Waals surface area contributed by atoms with Crippen LogP contribution in [0.4, 0.5) is 9.52 Å². The first-order valence-corrected chi connectivity index (χ1v) is 9.23. The van der Waals surface area contributed by atoms with Gasteiger partial charge in [-0.3, -0.25) is 9.59 Å². The molecule has 0 aliphatic heterocycles. The zero-order valence-electron chi connectivity index (χ0n) is 13.6. The van der Waals surface area contributed by atoms with Gasteiger partial charge in [0.1, 0.15) is 0 Å². The number of anilines is 1. The third-order valence-electron chi connectivity index (χ3n) is 3.35. The Kier molecular flexibility index (Phi) is 5.59. The van der Waals surface area contributed by atoms with Gasteiger partial charge in [-0.2, -0.15) is 0 Å². The lowest BCUT2D eigenvalue weighted by Gasteiger charge is -2.04. The molecule has 0 atom stereocenters. The van der Waals surface area contributed by atoms with Crippen molar-refractivity contribution in [2.45, 2.75) is 0 Å². The van der Waals surface area contributed by atoms with E-state index < -0.39 is 11.7 Å². The van der Waals surface area contributed by atoms with E-state index in [4.69, 9.17) is 4.74 Å². The Bertz CT molecular complexity index is 925. The third kappa shape index (κ3) is 4.24. The molecule has 0 radical (unpaired) electrons. The van der Waals surface area contributed by atoms with Gasteiger partial charge < -0.3 is 15.4 Å². The fraction of sp³-hybridized carbons (Fsp3) is 0.118. The maximum absolute atomic E-state index is 13.8. The molecular weight excluding hydrogens is 377 g/mol. The molecule has 2 aromatic heterocycles. The van der Waals surface area contributed by atoms with Crippen LogP contribution in [0.15, 0.2) is 41.1 Å². The Morgan fingerprint density at radius 3 is 2.81 bits per heavy atom. The van der Waals surface area contributed by atoms with Crippen LogP contribution in [0.2, 0.25) is 0 Å². The molecule has 0 aliphatic carbocycles. The first-order valence-electron chi connectivity index (χ1n) is 7.48. The largest absolute Gasteiger partial charge is 0.494 e. The number of nitrogens with one attached hydrogen (secondary N) is 2. The molecule has 3 rings (SSSR count). The summed E-state index contributed by atoms with van der Waals surface area (Å²) < 4.78 is 18.7. The van der Waals surface area contributed by atoms with Gasteiger partial charge in [-0.25, -0.2) is 9.37 Å². The fourth-order valence-corrected chi connectivity index (χ4v) is 3.48. The van der Waals surface area contributed by atoms with Crippen LogP contribution in [-0.4, -0.2) is 30.5 Å². The molecule has 26 heavy (non-hydrogen) atoms. The second kappa shape index (κ2) is 8.07. The van der Waals surface area contributed by atoms with Crippen LogP contribution in [0.1, 0.15) is 9.67 Å². The number of halogens is 1. The summed E-state index contributed by atoms with van der Waals surface area (Å²) in [6, 6.07) is 7.96. The molecule has 2 heterocycles. The van der Waals surface area contributed by atoms with Gasteiger partial charge in [0, 0.05) is 10.9 Å². The molecule has 0 saturated carbocycles. The summed E-state index contributed by atoms with van der Waals surface area (Å²) in [6.07, 6.45) is 0. The monoisotopic (exact) mass is 391 g/mol. The number of hydrogen-bond acceptors (Lipinski definition) is 6. The second-order valence-corrected chi connectivity index (χ2v) is 6.90. The highest BCUT2D eigenvalue weighted by molar-refractivity contribution is 7.14. The maximum atomic E-state index is 13.8. The molecule has 2 N–H and O–H groups in total. The number of ether oxygens (including phenoxy) is 1. The molecule has 3 aromatic rings. The van der Waals surface area contributed by atoms with Crippen molar-refractivity contribution in [2.75, 3.05) is 19.0 Å². The first kappa shape index (κ1) is 18.0. The summed E-state index contributed by atoms with van der Waals surface area (Å²) in [5.41, 5.74) is 1.11. The second-order valence-electron chi connectivity index (χ2n) is 5.10. The molecule has 0 spiro atoms. The lowest BCUT2D eigenvalue weighted by molar-refractivity contribution is -0.115. The van der Waals surface area contributed by atoms with Gasteiger partial charge in [0.15, 0.2) is 16.7 Å². The first-order chi connectivity index (χ1) is 12.6. The van der Waals surface area contributed by atoms with Crippen LogP contribution >= 0.6 is 22.7 Å². The van der Waals surface area contributed by atoms with Crippen LogP contribution in [0.5, 0.6) is 5.75 Å². The van der Waals surface area contributed by atoms with E-state index in [1.54, 1.807) is 29.0 Å². The van der Waals surface area contributed by atoms with Crippen molar-refractivity contribution in [2.24, 2.45) is 0 Å². The number of carbonyl (C=O) groups is 2. The van der Waals surface area contributed by atoms with Gasteiger partial charge >= 0.3 is 0 Å². The summed E-state index contributed by atoms with van der Waals surface area (Å²) >= 11 is 2.51. The van der Waals surface area contributed by atoms with Crippen molar-refractivity contribution in [1.82, 2.24) is 10.3 Å². The minimum Gasteiger partial charge on any atom is -0.494 e. The molecular formula is C17H14FN3O3S2. The number of carbonyl (C=O) groups excluding carboxylic acids is 2. The molecule has 6 nitrogen and oxygen atoms in total. The molecule has 134 valence electrons. The average Bonchev–Trinajstić information content (AvgIpc) is 3.31. The van der Waals surface area contributed by atoms with Crippen LogP contribution < -0.4 is 15.4 Å². The van der Waals surface area contributed by atoms with Crippen LogP contribution in [-0.2, 0) is 4.79 Å². The van der Waals surface area contributed by atoms with E-state index in [1.165, 1.54) is 41.9 Å². The van der Waals surface area contributed by atoms with E-state index in [1.807, 2.05) is 0 Å². The summed E-state index contributed by atoms with van der Waals surface area (Å²) in [5.74, 6) is -1.03. The highest BCUT2D eigenvalue weighted by atomic mass is 32.1. The summed E-state index contributed by atoms with van der Waals surface area (Å²) in [5, 5.41) is 9.01. The Morgan fingerprint density at radius 2 is 2.12 bits per heavy atom. The SMILES string of the molecule is COc1ccc(-c2csc(NC(=O)CNC(=O)c3cccs3)n2)cc1F. The van der Waals surface area contributed by atoms with Crippen LogP contribution in [0, 0.1) is 5.82 Å². The maximum Gasteiger partial charge on any atom is 0.261 e. The third-order valence-corrected chi connectivity index (χ3v) is 4.98. The zero-order chi connectivity index (χ0) is 18.5. The summed E-state index contributed by atoms with van der Waals surface area (Å²) in [4.78, 5) is 28.5. The summed E-state index contributed by atoms with van der Waals surface area (Å²) in [7, 11) is 1.39. The number of nitrogens with zero attached hydrogens (tertiary/aromatic N) is 1. The highest BCUT2D eigenvalue weighted by Crippen LogP contribution is 2.28. The van der Waals surface area contributed by atoms with E-state index in [-0.39, 0.29) is 18.2 Å². The highest BCUT2D eigenvalue weighted by Gasteiger charge is 2.12. The number of thiazole rings is 1. The average molecular weight is 391 g/mol. The number of rotatable bonds is 6. The van der Waals surface area contributed by atoms with Crippen LogP contribution in [0.25, 0.3) is 11.3 Å². The van der Waals surface area contributed by atoms with Crippen molar-refractivity contribution in [3.8, 4) is 17.0 Å². The van der Waals surface area contributed by atoms with Gasteiger partial charge in [0.25, 0.3) is 5.91 Å². The zero-order valence-corrected chi connectivity index (χ0v) is 15.2. The lowest BCUT2D eigenvalue weighted by atomic mass is 10.1. The van der Waals surface area contributed by atoms with Gasteiger partial charge in [-0.05, 0) is 29.6 Å². The van der Waals surface area contributed by atoms with E-state index in [9.17, 15) is 14.0 Å². The predicted molar refractivity (Wildman–Crippen MR) is 99.3 cm³/mol. The Labute approximate surface area is 156 Å². The Morgan fingerprint density at radius 1 is 1.27 bits per heavy atom. The standard InChI is InChI=1S/C17H14FN3O3S2/c1-24-13-5-4-10(7-11(13)18)12-9-26-17(20-12)21-15(22)8-19-16(23)14-3-2-6-25-14/h2-7,9H,8H2,1H3,(H,19,23)(H,20,21,22). The lowest BCUT2D eigenvalue weighted by Crippen LogP contribution is -2.32. The minimum absolute atomic E-state index is 0.152. The van der Waals surface area contributed by atoms with Crippen molar-refractivity contribution in [1.29, 1.82) is 0 Å². The van der Waals surface area contributed by atoms with E-state index in [0.717, 1.165) is 0 Å². The number of amides is 2. The van der Waals surface area contributed by atoms with Gasteiger partial charge in [-0.1, -0.05) is 6.07 Å². The number of thiophene rings is 1. The van der Waals surface area contributed by atoms with Gasteiger partial charge in [0.05, 0.1) is 24.2 Å². The van der Waals surface area contributed by atoms with E-state index in [2.05, 4.69) is 15.6 Å². The molecule has 0 aliphatic rings. The van der Waals surface area contributed by atoms with Gasteiger partial charge in [0.2, 0.25) is 5.91 Å². The van der Waals surface area contributed by atoms with E-state index >= 15 is 0 Å². The Hall–Kier alpha value is -2.78. The van der Waals surface area contributed by atoms with E-state index in [0.29, 0.717) is 21.3 Å². The normalized spacial score (nSPS) is 10.4. The number of hydrogen-bond donors (Lipinski definition) is 2. The van der Waals surface area contributed by atoms with Crippen molar-refractivity contribution < 1.29 is 18.7 Å². The number of aromatic nitrogens is 1. The smallest absolute Gasteiger partial charge is 0.261 e. The molecule has 1 aromatic carbocycles. The predicted octanol–water partition coefficient (Wildman–Crippen LogP) is 3.39.